The molecule has 0 bridgehead atoms. The van der Waals surface area contributed by atoms with Gasteiger partial charge >= 0.3 is 0 Å². The monoisotopic (exact) mass is 398 g/mol. The summed E-state index contributed by atoms with van der Waals surface area (Å²) in [6.45, 7) is 1.01. The lowest BCUT2D eigenvalue weighted by atomic mass is 10.2. The number of nitrogens with zero attached hydrogens (tertiary/aromatic N) is 2. The van der Waals surface area contributed by atoms with E-state index in [-0.39, 0.29) is 5.91 Å². The molecule has 0 aliphatic heterocycles. The lowest BCUT2D eigenvalue weighted by molar-refractivity contribution is 0.102. The van der Waals surface area contributed by atoms with Gasteiger partial charge in [-0.15, -0.1) is 10.2 Å². The maximum absolute atomic E-state index is 12.2. The van der Waals surface area contributed by atoms with Crippen molar-refractivity contribution in [2.24, 2.45) is 0 Å². The predicted molar refractivity (Wildman–Crippen MR) is 108 cm³/mol. The zero-order chi connectivity index (χ0) is 19.8. The van der Waals surface area contributed by atoms with Gasteiger partial charge in [-0.2, -0.15) is 0 Å². The number of rotatable bonds is 8. The first-order valence-electron chi connectivity index (χ1n) is 8.56. The molecule has 2 aromatic carbocycles. The van der Waals surface area contributed by atoms with E-state index in [2.05, 4.69) is 20.8 Å². The van der Waals surface area contributed by atoms with Crippen LogP contribution in [0.1, 0.15) is 10.4 Å². The Balaban J connectivity index is 1.45. The number of amides is 1. The normalized spacial score (nSPS) is 10.2. The van der Waals surface area contributed by atoms with Gasteiger partial charge in [0.05, 0.1) is 24.2 Å². The van der Waals surface area contributed by atoms with E-state index in [0.29, 0.717) is 35.4 Å². The van der Waals surface area contributed by atoms with Crippen molar-refractivity contribution in [3.8, 4) is 11.5 Å². The van der Waals surface area contributed by atoms with Crippen LogP contribution in [0.3, 0.4) is 0 Å². The Hall–Kier alpha value is -3.32. The van der Waals surface area contributed by atoms with Crippen LogP contribution in [0.25, 0.3) is 0 Å². The number of ether oxygens (including phenoxy) is 2. The van der Waals surface area contributed by atoms with Crippen LogP contribution in [0.2, 0.25) is 5.02 Å². The third-order valence-electron chi connectivity index (χ3n) is 3.76. The number of anilines is 2. The molecule has 144 valence electrons. The molecule has 0 spiro atoms. The Kier molecular flexibility index (Phi) is 6.64. The molecule has 0 saturated carbocycles. The summed E-state index contributed by atoms with van der Waals surface area (Å²) in [5, 5.41) is 14.2. The van der Waals surface area contributed by atoms with Gasteiger partial charge in [-0.1, -0.05) is 23.7 Å². The smallest absolute Gasteiger partial charge is 0.258 e. The van der Waals surface area contributed by atoms with Gasteiger partial charge in [-0.25, -0.2) is 0 Å². The van der Waals surface area contributed by atoms with Gasteiger partial charge < -0.3 is 20.1 Å². The molecule has 0 fully saturated rings. The standard InChI is InChI=1S/C20H19ClN4O3/c1-27-14-6-8-15(9-7-14)28-13-12-22-18-10-11-19(25-24-18)23-20(26)16-4-2-3-5-17(16)21/h2-11H,12-13H2,1H3,(H,22,24)(H,23,25,26). The Bertz CT molecular complexity index is 917. The summed E-state index contributed by atoms with van der Waals surface area (Å²) < 4.78 is 10.7. The SMILES string of the molecule is COc1ccc(OCCNc2ccc(NC(=O)c3ccccc3Cl)nn2)cc1. The zero-order valence-electron chi connectivity index (χ0n) is 15.2. The van der Waals surface area contributed by atoms with Crippen LogP contribution in [0, 0.1) is 0 Å². The molecule has 3 rings (SSSR count). The van der Waals surface area contributed by atoms with Crippen LogP contribution in [0.4, 0.5) is 11.6 Å². The minimum atomic E-state index is -0.339. The maximum Gasteiger partial charge on any atom is 0.258 e. The van der Waals surface area contributed by atoms with Crippen LogP contribution in [-0.2, 0) is 0 Å². The molecule has 0 saturated heterocycles. The van der Waals surface area contributed by atoms with Crippen LogP contribution >= 0.6 is 11.6 Å². The van der Waals surface area contributed by atoms with Crippen LogP contribution in [0.5, 0.6) is 11.5 Å². The van der Waals surface area contributed by atoms with Crippen molar-refractivity contribution in [2.45, 2.75) is 0 Å². The van der Waals surface area contributed by atoms with Gasteiger partial charge in [0.25, 0.3) is 5.91 Å². The molecule has 0 aliphatic rings. The summed E-state index contributed by atoms with van der Waals surface area (Å²) in [5.74, 6) is 2.11. The third kappa shape index (κ3) is 5.34. The van der Waals surface area contributed by atoms with E-state index in [1.807, 2.05) is 24.3 Å². The number of carbonyl (C=O) groups is 1. The molecule has 1 aromatic heterocycles. The van der Waals surface area contributed by atoms with Gasteiger partial charge in [0, 0.05) is 0 Å². The fourth-order valence-electron chi connectivity index (χ4n) is 2.34. The molecule has 2 N–H and O–H groups in total. The van der Waals surface area contributed by atoms with Crippen LogP contribution in [0.15, 0.2) is 60.7 Å². The van der Waals surface area contributed by atoms with Crippen LogP contribution in [-0.4, -0.2) is 36.4 Å². The first kappa shape index (κ1) is 19.4. The van der Waals surface area contributed by atoms with Crippen molar-refractivity contribution in [3.63, 3.8) is 0 Å². The first-order valence-corrected chi connectivity index (χ1v) is 8.94. The molecule has 7 nitrogen and oxygen atoms in total. The second-order valence-corrected chi connectivity index (χ2v) is 6.10. The van der Waals surface area contributed by atoms with Crippen molar-refractivity contribution >= 4 is 29.1 Å². The summed E-state index contributed by atoms with van der Waals surface area (Å²) in [7, 11) is 1.62. The Morgan fingerprint density at radius 1 is 0.964 bits per heavy atom. The Labute approximate surface area is 167 Å². The van der Waals surface area contributed by atoms with E-state index in [1.54, 1.807) is 43.5 Å². The van der Waals surface area contributed by atoms with Crippen molar-refractivity contribution in [3.05, 3.63) is 71.2 Å². The van der Waals surface area contributed by atoms with Gasteiger partial charge in [-0.3, -0.25) is 4.79 Å². The number of halogens is 1. The zero-order valence-corrected chi connectivity index (χ0v) is 15.9. The van der Waals surface area contributed by atoms with Gasteiger partial charge in [0.2, 0.25) is 0 Å². The molecular formula is C20H19ClN4O3. The second-order valence-electron chi connectivity index (χ2n) is 5.69. The molecule has 28 heavy (non-hydrogen) atoms. The van der Waals surface area contributed by atoms with Crippen molar-refractivity contribution in [2.75, 3.05) is 30.9 Å². The maximum atomic E-state index is 12.2. The van der Waals surface area contributed by atoms with E-state index in [4.69, 9.17) is 21.1 Å². The van der Waals surface area contributed by atoms with Gasteiger partial charge in [0.15, 0.2) is 5.82 Å². The topological polar surface area (TPSA) is 85.4 Å². The number of hydrogen-bond acceptors (Lipinski definition) is 6. The molecule has 1 amide bonds. The highest BCUT2D eigenvalue weighted by molar-refractivity contribution is 6.34. The fourth-order valence-corrected chi connectivity index (χ4v) is 2.56. The fraction of sp³-hybridized carbons (Fsp3) is 0.150. The molecule has 8 heteroatoms. The highest BCUT2D eigenvalue weighted by Gasteiger charge is 2.10. The van der Waals surface area contributed by atoms with E-state index >= 15 is 0 Å². The van der Waals surface area contributed by atoms with E-state index in [1.165, 1.54) is 0 Å². The highest BCUT2D eigenvalue weighted by Crippen LogP contribution is 2.18. The highest BCUT2D eigenvalue weighted by atomic mass is 35.5. The average Bonchev–Trinajstić information content (AvgIpc) is 2.73. The van der Waals surface area contributed by atoms with E-state index < -0.39 is 0 Å². The Morgan fingerprint density at radius 2 is 1.64 bits per heavy atom. The lowest BCUT2D eigenvalue weighted by Gasteiger charge is -2.09. The quantitative estimate of drug-likeness (QED) is 0.560. The average molecular weight is 399 g/mol. The lowest BCUT2D eigenvalue weighted by Crippen LogP contribution is -2.15. The van der Waals surface area contributed by atoms with Crippen molar-refractivity contribution < 1.29 is 14.3 Å². The molecule has 0 aliphatic carbocycles. The largest absolute Gasteiger partial charge is 0.497 e. The van der Waals surface area contributed by atoms with Gasteiger partial charge in [0.1, 0.15) is 23.9 Å². The molecule has 0 atom stereocenters. The molecule has 0 radical (unpaired) electrons. The summed E-state index contributed by atoms with van der Waals surface area (Å²) >= 11 is 6.02. The number of hydrogen-bond donors (Lipinski definition) is 2. The van der Waals surface area contributed by atoms with Crippen molar-refractivity contribution in [1.29, 1.82) is 0 Å². The van der Waals surface area contributed by atoms with Crippen molar-refractivity contribution in [1.82, 2.24) is 10.2 Å². The minimum Gasteiger partial charge on any atom is -0.497 e. The number of benzene rings is 2. The number of aromatic nitrogens is 2. The molecular weight excluding hydrogens is 380 g/mol. The predicted octanol–water partition coefficient (Wildman–Crippen LogP) is 3.88. The van der Waals surface area contributed by atoms with E-state index in [0.717, 1.165) is 11.5 Å². The second kappa shape index (κ2) is 9.57. The molecule has 0 unspecified atom stereocenters. The number of carbonyl (C=O) groups excluding carboxylic acids is 1. The summed E-state index contributed by atoms with van der Waals surface area (Å²) in [5.41, 5.74) is 0.379. The van der Waals surface area contributed by atoms with Crippen LogP contribution < -0.4 is 20.1 Å². The number of methoxy groups -OCH3 is 1. The Morgan fingerprint density at radius 3 is 2.32 bits per heavy atom. The van der Waals surface area contributed by atoms with Gasteiger partial charge in [-0.05, 0) is 48.5 Å². The third-order valence-corrected chi connectivity index (χ3v) is 4.09. The van der Waals surface area contributed by atoms with E-state index in [9.17, 15) is 4.79 Å². The number of nitrogens with one attached hydrogen (secondary N) is 2. The first-order chi connectivity index (χ1) is 13.7. The molecule has 3 aromatic rings. The minimum absolute atomic E-state index is 0.338. The summed E-state index contributed by atoms with van der Waals surface area (Å²) in [6.07, 6.45) is 0. The summed E-state index contributed by atoms with van der Waals surface area (Å²) in [6, 6.07) is 17.5. The summed E-state index contributed by atoms with van der Waals surface area (Å²) in [4.78, 5) is 12.2. The molecule has 1 heterocycles.